The topological polar surface area (TPSA) is 260 Å². The molecular weight excluding hydrogens is 1400 g/mol. The Morgan fingerprint density at radius 1 is 0.164 bits per heavy atom. The predicted molar refractivity (Wildman–Crippen MR) is 411 cm³/mol. The van der Waals surface area contributed by atoms with E-state index in [0.29, 0.717) is 0 Å². The standard InChI is InChI=1S/C90H52O20/c91-1-5-99-9-13-103-17-21-107-81(95)89(82(96)108-22-18-104-14-10-100-6-2-92)85-73-57-41-29-27-25-26-28-30-32-37-47-35(28)45(33(25)41)61(73)63(47)75-65-49(37)40-44(32)60-58-42(30)34(26)46-36(27)48-38-31(29)43-39-50(38)66-70-54-51(39)67(77(85)59(43)57)71-55(54)56-53(69(65)79(71)87(75,85)89)52(40)68-72(56)80(70)88-76(66)64(48)62(46)74(58)86(88,78(60)68)90(88,83(97)109-23-19-105-15-11-101-7-3-93)84(98)110-24-20-106-16-12-102-8-4-94/h91-94H,1-24H2. The third-order valence-electron chi connectivity index (χ3n) is 31.7. The highest BCUT2D eigenvalue weighted by atomic mass is 16.6. The Hall–Kier alpha value is -9.88. The van der Waals surface area contributed by atoms with Crippen LogP contribution in [0.15, 0.2) is 0 Å². The van der Waals surface area contributed by atoms with Gasteiger partial charge in [-0.3, -0.25) is 19.2 Å². The molecule has 0 heterocycles. The molecule has 0 aromatic heterocycles. The first-order valence-corrected chi connectivity index (χ1v) is 39.2. The van der Waals surface area contributed by atoms with Crippen molar-refractivity contribution >= 4 is 282 Å². The van der Waals surface area contributed by atoms with Crippen molar-refractivity contribution in [3.63, 3.8) is 0 Å². The van der Waals surface area contributed by atoms with Crippen LogP contribution < -0.4 is 0 Å². The largest absolute Gasteiger partial charge is 0.462 e. The number of hydrogen-bond donors (Lipinski definition) is 4. The van der Waals surface area contributed by atoms with Crippen molar-refractivity contribution in [2.24, 2.45) is 10.8 Å². The summed E-state index contributed by atoms with van der Waals surface area (Å²) >= 11 is 0. The van der Waals surface area contributed by atoms with Gasteiger partial charge >= 0.3 is 23.9 Å². The van der Waals surface area contributed by atoms with Crippen LogP contribution in [0.3, 0.4) is 0 Å². The minimum atomic E-state index is -2.07. The second-order valence-corrected chi connectivity index (χ2v) is 33.8. The highest BCUT2D eigenvalue weighted by Gasteiger charge is 3.04. The van der Waals surface area contributed by atoms with E-state index in [4.69, 9.17) is 56.8 Å². The van der Waals surface area contributed by atoms with E-state index < -0.39 is 56.4 Å². The zero-order valence-electron chi connectivity index (χ0n) is 58.3. The number of rotatable bonds is 36. The van der Waals surface area contributed by atoms with Crippen LogP contribution in [0.5, 0.6) is 0 Å². The van der Waals surface area contributed by atoms with Crippen LogP contribution in [0.4, 0.5) is 0 Å². The quantitative estimate of drug-likeness (QED) is 0.00935. The van der Waals surface area contributed by atoms with Crippen molar-refractivity contribution in [3.05, 3.63) is 44.5 Å². The number of carbonyl (C=O) groups excluding carboxylic acids is 4. The summed E-state index contributed by atoms with van der Waals surface area (Å²) in [6.07, 6.45) is 0. The Labute approximate surface area is 611 Å². The summed E-state index contributed by atoms with van der Waals surface area (Å²) in [5.74, 6) is -2.58. The monoisotopic (exact) mass is 1450 g/mol. The molecule has 0 radical (unpaired) electrons. The van der Waals surface area contributed by atoms with Gasteiger partial charge in [-0.2, -0.15) is 0 Å². The van der Waals surface area contributed by atoms with E-state index in [9.17, 15) is 20.4 Å². The van der Waals surface area contributed by atoms with Gasteiger partial charge in [-0.25, -0.2) is 0 Å². The van der Waals surface area contributed by atoms with Gasteiger partial charge in [0.25, 0.3) is 0 Å². The molecule has 0 bridgehead atoms. The summed E-state index contributed by atoms with van der Waals surface area (Å²) in [5, 5.41) is 94.2. The highest BCUT2D eigenvalue weighted by molar-refractivity contribution is 6.78. The summed E-state index contributed by atoms with van der Waals surface area (Å²) < 4.78 is 75.1. The number of aliphatic hydroxyl groups is 4. The molecule has 2 saturated carbocycles. The maximum absolute atomic E-state index is 17.8. The zero-order chi connectivity index (χ0) is 71.1. The molecule has 4 atom stereocenters. The lowest BCUT2D eigenvalue weighted by Gasteiger charge is -2.32. The Morgan fingerprint density at radius 3 is 0.400 bits per heavy atom. The third-order valence-corrected chi connectivity index (χ3v) is 31.7. The van der Waals surface area contributed by atoms with Crippen LogP contribution in [0, 0.1) is 10.8 Å². The highest BCUT2D eigenvalue weighted by Crippen LogP contribution is 3.00. The molecule has 20 heteroatoms. The number of ether oxygens (including phenoxy) is 12. The molecule has 532 valence electrons. The van der Waals surface area contributed by atoms with E-state index in [2.05, 4.69) is 0 Å². The third kappa shape index (κ3) is 4.15. The molecule has 24 aromatic rings. The maximum atomic E-state index is 17.8. The van der Waals surface area contributed by atoms with Gasteiger partial charge in [-0.1, -0.05) is 0 Å². The zero-order valence-corrected chi connectivity index (χ0v) is 58.3. The number of esters is 4. The molecule has 24 aromatic carbocycles. The maximum Gasteiger partial charge on any atom is 0.326 e. The number of aliphatic hydroxyl groups excluding tert-OH is 4. The summed E-state index contributed by atoms with van der Waals surface area (Å²) in [4.78, 5) is 71.0. The number of hydrogen-bond acceptors (Lipinski definition) is 20. The lowest BCUT2D eigenvalue weighted by atomic mass is 9.67. The second-order valence-electron chi connectivity index (χ2n) is 33.8. The van der Waals surface area contributed by atoms with E-state index in [1.165, 1.54) is 118 Å². The Kier molecular flexibility index (Phi) is 8.34. The van der Waals surface area contributed by atoms with Gasteiger partial charge < -0.3 is 77.3 Å². The fourth-order valence-corrected chi connectivity index (χ4v) is 30.8. The van der Waals surface area contributed by atoms with Crippen LogP contribution in [-0.4, -0.2) is 203 Å². The fraction of sp³-hybridized carbons (Fsp3) is 0.333. The van der Waals surface area contributed by atoms with E-state index in [0.717, 1.165) is 185 Å². The van der Waals surface area contributed by atoms with Gasteiger partial charge in [0.1, 0.15) is 26.4 Å². The first-order chi connectivity index (χ1) is 54.4. The number of carbonyl (C=O) groups is 4. The van der Waals surface area contributed by atoms with Gasteiger partial charge in [0.15, 0.2) is 10.8 Å². The Morgan fingerprint density at radius 2 is 0.273 bits per heavy atom. The predicted octanol–water partition coefficient (Wildman–Crippen LogP) is 11.1. The van der Waals surface area contributed by atoms with Gasteiger partial charge in [0, 0.05) is 0 Å². The molecule has 0 amide bonds. The Bertz CT molecular complexity index is 7930. The van der Waals surface area contributed by atoms with Crippen molar-refractivity contribution in [1.82, 2.24) is 0 Å². The molecule has 0 aliphatic heterocycles. The molecule has 20 nitrogen and oxygen atoms in total. The summed E-state index contributed by atoms with van der Waals surface area (Å²) in [6, 6.07) is 0. The lowest BCUT2D eigenvalue weighted by Crippen LogP contribution is -2.39. The van der Waals surface area contributed by atoms with Gasteiger partial charge in [0.05, 0.1) is 154 Å². The molecule has 10 aliphatic carbocycles. The van der Waals surface area contributed by atoms with Crippen LogP contribution in [-0.2, 0) is 97.7 Å². The average Bonchev–Trinajstić information content (AvgIpc) is 1.35. The molecule has 34 rings (SSSR count). The Balaban J connectivity index is 0.768. The fourth-order valence-electron chi connectivity index (χ4n) is 30.8. The lowest BCUT2D eigenvalue weighted by molar-refractivity contribution is -0.170. The van der Waals surface area contributed by atoms with Crippen molar-refractivity contribution in [3.8, 4) is 0 Å². The average molecular weight is 1450 g/mol. The smallest absolute Gasteiger partial charge is 0.326 e. The SMILES string of the molecule is O=C(OCCOCCOCCO)C1(C(=O)OCCOCCOCCO)C23c4c5c6c7c8c9c(c%10c%11c2c2c4c4c%12c%13c%14c%15c%16c%17c%18c%19c%20c%21c%22c(c%13c4c4c2c2c%11c%11c%10c%10c9c9c%13c8c(c6c%15c5%12)c%16c%13c%18c5c%19c6c%21c(c2c%224)c%11c6c%10c59)C%202C(C(=O)OCCOCCOCCO)(C(=O)OCCOCCOCCO)C%14%172)C713. The van der Waals surface area contributed by atoms with E-state index in [1.807, 2.05) is 0 Å². The molecule has 10 aliphatic rings. The first-order valence-electron chi connectivity index (χ1n) is 39.2. The molecule has 2 fully saturated rings. The van der Waals surface area contributed by atoms with Crippen molar-refractivity contribution in [1.29, 1.82) is 0 Å². The van der Waals surface area contributed by atoms with Crippen LogP contribution in [0.25, 0.3) is 259 Å². The van der Waals surface area contributed by atoms with Gasteiger partial charge in [-0.15, -0.1) is 0 Å². The summed E-state index contributed by atoms with van der Waals surface area (Å²) in [6.45, 7) is 1.34. The molecule has 110 heavy (non-hydrogen) atoms. The second kappa shape index (κ2) is 16.3. The molecular formula is C90H52O20. The van der Waals surface area contributed by atoms with Crippen LogP contribution >= 0.6 is 0 Å². The van der Waals surface area contributed by atoms with E-state index >= 15 is 19.2 Å². The van der Waals surface area contributed by atoms with E-state index in [1.54, 1.807) is 0 Å². The van der Waals surface area contributed by atoms with Gasteiger partial charge in [-0.05, 0) is 303 Å². The van der Waals surface area contributed by atoms with Crippen molar-refractivity contribution in [2.75, 3.05) is 159 Å². The van der Waals surface area contributed by atoms with Crippen LogP contribution in [0.2, 0.25) is 0 Å². The first kappa shape index (κ1) is 56.4. The van der Waals surface area contributed by atoms with Gasteiger partial charge in [0.2, 0.25) is 0 Å². The van der Waals surface area contributed by atoms with Crippen molar-refractivity contribution < 1.29 is 96.4 Å². The molecule has 4 spiro atoms. The van der Waals surface area contributed by atoms with Crippen molar-refractivity contribution in [2.45, 2.75) is 21.7 Å². The minimum Gasteiger partial charge on any atom is -0.462 e. The van der Waals surface area contributed by atoms with E-state index in [-0.39, 0.29) is 159 Å². The molecule has 4 N–H and O–H groups in total. The summed E-state index contributed by atoms with van der Waals surface area (Å²) in [7, 11) is 0. The molecule has 0 saturated heterocycles. The van der Waals surface area contributed by atoms with Crippen LogP contribution in [0.1, 0.15) is 44.5 Å². The number of benzene rings is 16. The molecule has 4 unspecified atom stereocenters. The normalized spacial score (nSPS) is 22.5. The summed E-state index contributed by atoms with van der Waals surface area (Å²) in [5.41, 5.74) is -1.58. The minimum absolute atomic E-state index is 0.0260.